The van der Waals surface area contributed by atoms with Crippen LogP contribution >= 0.6 is 23.2 Å². The van der Waals surface area contributed by atoms with E-state index in [1.54, 1.807) is 18.2 Å². The van der Waals surface area contributed by atoms with Gasteiger partial charge in [0, 0.05) is 24.1 Å². The Bertz CT molecular complexity index is 892. The normalized spacial score (nSPS) is 15.9. The molecule has 0 aromatic heterocycles. The first-order valence-corrected chi connectivity index (χ1v) is 9.02. The number of nitrogens with one attached hydrogen (secondary N) is 1. The van der Waals surface area contributed by atoms with E-state index in [1.165, 1.54) is 7.11 Å². The average molecular weight is 427 g/mol. The fraction of sp³-hybridized carbons (Fsp3) is 0.278. The topological polar surface area (TPSA) is 99.9 Å². The summed E-state index contributed by atoms with van der Waals surface area (Å²) >= 11 is 12.1. The monoisotopic (exact) mass is 426 g/mol. The van der Waals surface area contributed by atoms with Crippen LogP contribution in [0, 0.1) is 10.1 Å². The summed E-state index contributed by atoms with van der Waals surface area (Å²) in [6.07, 6.45) is 0.624. The predicted molar refractivity (Wildman–Crippen MR) is 104 cm³/mol. The molecule has 3 rings (SSSR count). The zero-order valence-corrected chi connectivity index (χ0v) is 16.2. The number of nitro benzene ring substituents is 1. The molecule has 0 spiro atoms. The summed E-state index contributed by atoms with van der Waals surface area (Å²) in [5.74, 6) is 0.384. The number of anilines is 1. The summed E-state index contributed by atoms with van der Waals surface area (Å²) < 4.78 is 16.4. The highest BCUT2D eigenvalue weighted by Crippen LogP contribution is 2.36. The van der Waals surface area contributed by atoms with Crippen molar-refractivity contribution in [1.29, 1.82) is 0 Å². The highest BCUT2D eigenvalue weighted by molar-refractivity contribution is 6.40. The molecule has 0 aliphatic carbocycles. The van der Waals surface area contributed by atoms with E-state index in [9.17, 15) is 14.9 Å². The number of amides is 1. The first kappa shape index (κ1) is 20.2. The minimum Gasteiger partial charge on any atom is -0.493 e. The second kappa shape index (κ2) is 8.64. The van der Waals surface area contributed by atoms with E-state index in [4.69, 9.17) is 37.4 Å². The third kappa shape index (κ3) is 4.46. The Morgan fingerprint density at radius 3 is 2.54 bits per heavy atom. The number of nitrogens with zero attached hydrogens (tertiary/aromatic N) is 1. The number of carbonyl (C=O) groups is 1. The molecule has 8 nitrogen and oxygen atoms in total. The number of halogens is 2. The minimum absolute atomic E-state index is 0.0411. The van der Waals surface area contributed by atoms with Crippen LogP contribution in [-0.2, 0) is 4.74 Å². The number of rotatable bonds is 6. The van der Waals surface area contributed by atoms with Crippen molar-refractivity contribution in [3.8, 4) is 11.5 Å². The summed E-state index contributed by atoms with van der Waals surface area (Å²) in [4.78, 5) is 22.9. The lowest BCUT2D eigenvalue weighted by molar-refractivity contribution is -0.384. The molecular formula is C18H16Cl2N2O6. The molecule has 1 unspecified atom stereocenters. The molecule has 1 N–H and O–H groups in total. The molecule has 0 radical (unpaired) electrons. The molecule has 1 fully saturated rings. The molecule has 0 saturated carbocycles. The molecule has 1 saturated heterocycles. The maximum atomic E-state index is 12.6. The summed E-state index contributed by atoms with van der Waals surface area (Å²) in [6, 6.07) is 6.94. The van der Waals surface area contributed by atoms with Crippen LogP contribution < -0.4 is 14.8 Å². The van der Waals surface area contributed by atoms with Crippen LogP contribution in [0.3, 0.4) is 0 Å². The van der Waals surface area contributed by atoms with Gasteiger partial charge in [-0.1, -0.05) is 23.2 Å². The van der Waals surface area contributed by atoms with Gasteiger partial charge in [-0.15, -0.1) is 0 Å². The zero-order chi connectivity index (χ0) is 20.3. The van der Waals surface area contributed by atoms with E-state index in [0.717, 1.165) is 18.6 Å². The van der Waals surface area contributed by atoms with Gasteiger partial charge >= 0.3 is 0 Å². The quantitative estimate of drug-likeness (QED) is 0.544. The molecular weight excluding hydrogens is 411 g/mol. The van der Waals surface area contributed by atoms with Crippen LogP contribution in [0.25, 0.3) is 0 Å². The highest BCUT2D eigenvalue weighted by atomic mass is 35.5. The summed E-state index contributed by atoms with van der Waals surface area (Å²) in [5, 5.41) is 13.4. The molecule has 28 heavy (non-hydrogen) atoms. The largest absolute Gasteiger partial charge is 0.493 e. The lowest BCUT2D eigenvalue weighted by Crippen LogP contribution is -2.17. The van der Waals surface area contributed by atoms with Crippen molar-refractivity contribution in [1.82, 2.24) is 0 Å². The van der Waals surface area contributed by atoms with Crippen molar-refractivity contribution in [2.24, 2.45) is 0 Å². The maximum Gasteiger partial charge on any atom is 0.272 e. The third-order valence-corrected chi connectivity index (χ3v) is 4.68. The minimum atomic E-state index is -0.622. The van der Waals surface area contributed by atoms with Crippen molar-refractivity contribution in [3.63, 3.8) is 0 Å². The Labute approximate surface area is 170 Å². The Hall–Kier alpha value is -2.55. The molecule has 1 amide bonds. The number of ether oxygens (including phenoxy) is 3. The Morgan fingerprint density at radius 1 is 1.25 bits per heavy atom. The molecule has 2 aromatic carbocycles. The van der Waals surface area contributed by atoms with Gasteiger partial charge in [-0.2, -0.15) is 0 Å². The van der Waals surface area contributed by atoms with Gasteiger partial charge in [-0.05, 0) is 18.2 Å². The molecule has 1 atom stereocenters. The zero-order valence-electron chi connectivity index (χ0n) is 14.7. The number of hydrogen-bond donors (Lipinski definition) is 1. The van der Waals surface area contributed by atoms with Crippen molar-refractivity contribution in [3.05, 3.63) is 56.1 Å². The number of non-ortho nitro benzene ring substituents is 1. The van der Waals surface area contributed by atoms with Gasteiger partial charge in [0.1, 0.15) is 6.10 Å². The van der Waals surface area contributed by atoms with Gasteiger partial charge in [0.2, 0.25) is 0 Å². The van der Waals surface area contributed by atoms with E-state index in [1.807, 2.05) is 0 Å². The van der Waals surface area contributed by atoms with Crippen molar-refractivity contribution < 1.29 is 23.9 Å². The van der Waals surface area contributed by atoms with E-state index in [-0.39, 0.29) is 33.1 Å². The summed E-state index contributed by atoms with van der Waals surface area (Å²) in [7, 11) is 1.50. The summed E-state index contributed by atoms with van der Waals surface area (Å²) in [6.45, 7) is 1.08. The van der Waals surface area contributed by atoms with Crippen LogP contribution in [0.4, 0.5) is 11.4 Å². The lowest BCUT2D eigenvalue weighted by Gasteiger charge is -2.16. The average Bonchev–Trinajstić information content (AvgIpc) is 3.17. The SMILES string of the molecule is COc1ccc(C(=O)Nc2c(Cl)cc([N+](=O)[O-])cc2Cl)cc1OC1CCOC1. The number of benzene rings is 2. The van der Waals surface area contributed by atoms with Crippen LogP contribution in [0.2, 0.25) is 10.0 Å². The van der Waals surface area contributed by atoms with Gasteiger partial charge < -0.3 is 19.5 Å². The third-order valence-electron chi connectivity index (χ3n) is 4.08. The first-order chi connectivity index (χ1) is 13.4. The maximum absolute atomic E-state index is 12.6. The molecule has 1 aliphatic rings. The van der Waals surface area contributed by atoms with Gasteiger partial charge in [0.05, 0.1) is 41.0 Å². The van der Waals surface area contributed by atoms with Crippen LogP contribution in [-0.4, -0.2) is 37.3 Å². The van der Waals surface area contributed by atoms with Crippen molar-refractivity contribution in [2.75, 3.05) is 25.6 Å². The van der Waals surface area contributed by atoms with Gasteiger partial charge in [-0.3, -0.25) is 14.9 Å². The van der Waals surface area contributed by atoms with E-state index >= 15 is 0 Å². The Morgan fingerprint density at radius 2 is 1.96 bits per heavy atom. The van der Waals surface area contributed by atoms with Gasteiger partial charge in [0.15, 0.2) is 11.5 Å². The van der Waals surface area contributed by atoms with Crippen LogP contribution in [0.5, 0.6) is 11.5 Å². The number of methoxy groups -OCH3 is 1. The van der Waals surface area contributed by atoms with E-state index in [0.29, 0.717) is 24.7 Å². The number of hydrogen-bond acceptors (Lipinski definition) is 6. The molecule has 1 heterocycles. The van der Waals surface area contributed by atoms with Gasteiger partial charge in [-0.25, -0.2) is 0 Å². The lowest BCUT2D eigenvalue weighted by atomic mass is 10.1. The van der Waals surface area contributed by atoms with E-state index in [2.05, 4.69) is 5.32 Å². The number of carbonyl (C=O) groups excluding carboxylic acids is 1. The van der Waals surface area contributed by atoms with E-state index < -0.39 is 10.8 Å². The standard InChI is InChI=1S/C18H16Cl2N2O6/c1-26-15-3-2-10(6-16(15)28-12-4-5-27-9-12)18(23)21-17-13(19)7-11(22(24)25)8-14(17)20/h2-3,6-8,12H,4-5,9H2,1H3,(H,21,23). The Balaban J connectivity index is 1.83. The summed E-state index contributed by atoms with van der Waals surface area (Å²) in [5.41, 5.74) is 0.0912. The molecule has 1 aliphatic heterocycles. The predicted octanol–water partition coefficient (Wildman–Crippen LogP) is 4.33. The van der Waals surface area contributed by atoms with Crippen LogP contribution in [0.1, 0.15) is 16.8 Å². The second-order valence-corrected chi connectivity index (χ2v) is 6.78. The fourth-order valence-corrected chi connectivity index (χ4v) is 3.24. The van der Waals surface area contributed by atoms with Crippen molar-refractivity contribution in [2.45, 2.75) is 12.5 Å². The molecule has 10 heteroatoms. The fourth-order valence-electron chi connectivity index (χ4n) is 2.67. The first-order valence-electron chi connectivity index (χ1n) is 8.26. The van der Waals surface area contributed by atoms with Gasteiger partial charge in [0.25, 0.3) is 11.6 Å². The highest BCUT2D eigenvalue weighted by Gasteiger charge is 2.21. The molecule has 0 bridgehead atoms. The smallest absolute Gasteiger partial charge is 0.272 e. The molecule has 148 valence electrons. The number of nitro groups is 1. The Kier molecular flexibility index (Phi) is 6.23. The van der Waals surface area contributed by atoms with Crippen LogP contribution in [0.15, 0.2) is 30.3 Å². The second-order valence-electron chi connectivity index (χ2n) is 5.96. The van der Waals surface area contributed by atoms with Crippen molar-refractivity contribution >= 4 is 40.5 Å². The molecule has 2 aromatic rings.